The predicted octanol–water partition coefficient (Wildman–Crippen LogP) is 4.82. The topological polar surface area (TPSA) is 52.6 Å². The highest BCUT2D eigenvalue weighted by molar-refractivity contribution is 5.99. The maximum atomic E-state index is 12.6. The van der Waals surface area contributed by atoms with Crippen molar-refractivity contribution < 1.29 is 19.1 Å². The number of esters is 1. The Kier molecular flexibility index (Phi) is 8.51. The third-order valence-electron chi connectivity index (χ3n) is 3.89. The Morgan fingerprint density at radius 3 is 2.42 bits per heavy atom. The average molecular weight is 334 g/mol. The monoisotopic (exact) mass is 334 g/mol. The number of unbranched alkanes of at least 4 members (excludes halogenated alkanes) is 1. The van der Waals surface area contributed by atoms with E-state index in [9.17, 15) is 9.59 Å². The van der Waals surface area contributed by atoms with Gasteiger partial charge in [0.15, 0.2) is 5.78 Å². The SMILES string of the molecule is CCCCOC(=O)CCC(=O)c1cc(C)c(OCC)cc1C(C)C. The third kappa shape index (κ3) is 5.99. The molecule has 1 rings (SSSR count). The first-order valence-corrected chi connectivity index (χ1v) is 8.86. The van der Waals surface area contributed by atoms with Crippen LogP contribution in [0.5, 0.6) is 5.75 Å². The molecule has 0 aromatic heterocycles. The zero-order chi connectivity index (χ0) is 18.1. The van der Waals surface area contributed by atoms with Crippen LogP contribution < -0.4 is 4.74 Å². The molecule has 0 aliphatic carbocycles. The normalized spacial score (nSPS) is 10.8. The summed E-state index contributed by atoms with van der Waals surface area (Å²) in [5.74, 6) is 0.708. The summed E-state index contributed by atoms with van der Waals surface area (Å²) in [5.41, 5.74) is 2.59. The van der Waals surface area contributed by atoms with E-state index in [1.165, 1.54) is 0 Å². The minimum absolute atomic E-state index is 0.0164. The highest BCUT2D eigenvalue weighted by Crippen LogP contribution is 2.29. The summed E-state index contributed by atoms with van der Waals surface area (Å²) in [6.07, 6.45) is 2.15. The summed E-state index contributed by atoms with van der Waals surface area (Å²) in [4.78, 5) is 24.3. The zero-order valence-corrected chi connectivity index (χ0v) is 15.6. The highest BCUT2D eigenvalue weighted by atomic mass is 16.5. The molecule has 4 nitrogen and oxygen atoms in total. The number of ketones is 1. The van der Waals surface area contributed by atoms with E-state index >= 15 is 0 Å². The van der Waals surface area contributed by atoms with E-state index in [1.807, 2.05) is 32.9 Å². The van der Waals surface area contributed by atoms with E-state index < -0.39 is 0 Å². The summed E-state index contributed by atoms with van der Waals surface area (Å²) in [6.45, 7) is 11.0. The van der Waals surface area contributed by atoms with Crippen molar-refractivity contribution in [2.75, 3.05) is 13.2 Å². The molecule has 1 aromatic rings. The molecule has 0 spiro atoms. The molecule has 0 saturated carbocycles. The number of benzene rings is 1. The lowest BCUT2D eigenvalue weighted by atomic mass is 9.91. The predicted molar refractivity (Wildman–Crippen MR) is 95.9 cm³/mol. The van der Waals surface area contributed by atoms with Crippen molar-refractivity contribution in [3.05, 3.63) is 28.8 Å². The highest BCUT2D eigenvalue weighted by Gasteiger charge is 2.18. The van der Waals surface area contributed by atoms with Gasteiger partial charge in [-0.15, -0.1) is 0 Å². The van der Waals surface area contributed by atoms with Crippen LogP contribution in [0.3, 0.4) is 0 Å². The maximum absolute atomic E-state index is 12.6. The number of Topliss-reactive ketones (excluding diaryl/α,β-unsaturated/α-hetero) is 1. The van der Waals surface area contributed by atoms with Crippen molar-refractivity contribution >= 4 is 11.8 Å². The van der Waals surface area contributed by atoms with Gasteiger partial charge < -0.3 is 9.47 Å². The van der Waals surface area contributed by atoms with Gasteiger partial charge >= 0.3 is 5.97 Å². The molecule has 0 aliphatic heterocycles. The number of hydrogen-bond acceptors (Lipinski definition) is 4. The Labute approximate surface area is 145 Å². The number of rotatable bonds is 10. The van der Waals surface area contributed by atoms with Gasteiger partial charge in [0.05, 0.1) is 19.6 Å². The van der Waals surface area contributed by atoms with Gasteiger partial charge in [0, 0.05) is 12.0 Å². The second-order valence-corrected chi connectivity index (χ2v) is 6.29. The number of carbonyl (C=O) groups is 2. The van der Waals surface area contributed by atoms with Gasteiger partial charge in [-0.2, -0.15) is 0 Å². The summed E-state index contributed by atoms with van der Waals surface area (Å²) >= 11 is 0. The average Bonchev–Trinajstić information content (AvgIpc) is 2.54. The van der Waals surface area contributed by atoms with E-state index in [-0.39, 0.29) is 30.5 Å². The van der Waals surface area contributed by atoms with Crippen molar-refractivity contribution in [3.8, 4) is 5.75 Å². The van der Waals surface area contributed by atoms with E-state index in [4.69, 9.17) is 9.47 Å². The molecule has 0 N–H and O–H groups in total. The lowest BCUT2D eigenvalue weighted by Crippen LogP contribution is -2.11. The molecular formula is C20H30O4. The van der Waals surface area contributed by atoms with Crippen LogP contribution in [0.15, 0.2) is 12.1 Å². The van der Waals surface area contributed by atoms with Gasteiger partial charge in [-0.1, -0.05) is 27.2 Å². The van der Waals surface area contributed by atoms with Crippen LogP contribution in [0.25, 0.3) is 0 Å². The van der Waals surface area contributed by atoms with Crippen molar-refractivity contribution in [2.24, 2.45) is 0 Å². The van der Waals surface area contributed by atoms with Crippen LogP contribution in [0.1, 0.15) is 80.8 Å². The maximum Gasteiger partial charge on any atom is 0.306 e. The van der Waals surface area contributed by atoms with Gasteiger partial charge in [0.1, 0.15) is 5.75 Å². The quantitative estimate of drug-likeness (QED) is 0.349. The molecule has 0 bridgehead atoms. The first kappa shape index (κ1) is 20.2. The van der Waals surface area contributed by atoms with E-state index in [2.05, 4.69) is 13.8 Å². The lowest BCUT2D eigenvalue weighted by molar-refractivity contribution is -0.143. The van der Waals surface area contributed by atoms with Crippen molar-refractivity contribution in [1.29, 1.82) is 0 Å². The molecule has 134 valence electrons. The van der Waals surface area contributed by atoms with Crippen LogP contribution in [0.2, 0.25) is 0 Å². The number of carbonyl (C=O) groups excluding carboxylic acids is 2. The molecule has 0 atom stereocenters. The largest absolute Gasteiger partial charge is 0.494 e. The van der Waals surface area contributed by atoms with Gasteiger partial charge in [-0.05, 0) is 49.4 Å². The summed E-state index contributed by atoms with van der Waals surface area (Å²) < 4.78 is 10.7. The minimum Gasteiger partial charge on any atom is -0.494 e. The molecular weight excluding hydrogens is 304 g/mol. The zero-order valence-electron chi connectivity index (χ0n) is 15.6. The summed E-state index contributed by atoms with van der Waals surface area (Å²) in [7, 11) is 0. The molecule has 4 heteroatoms. The first-order valence-electron chi connectivity index (χ1n) is 8.86. The van der Waals surface area contributed by atoms with E-state index in [1.54, 1.807) is 0 Å². The smallest absolute Gasteiger partial charge is 0.306 e. The van der Waals surface area contributed by atoms with Gasteiger partial charge in [-0.3, -0.25) is 9.59 Å². The Balaban J connectivity index is 2.82. The third-order valence-corrected chi connectivity index (χ3v) is 3.89. The van der Waals surface area contributed by atoms with Crippen LogP contribution >= 0.6 is 0 Å². The summed E-state index contributed by atoms with van der Waals surface area (Å²) in [5, 5.41) is 0. The molecule has 0 heterocycles. The van der Waals surface area contributed by atoms with Crippen LogP contribution in [-0.4, -0.2) is 25.0 Å². The Morgan fingerprint density at radius 2 is 1.83 bits per heavy atom. The standard InChI is InChI=1S/C20H30O4/c1-6-8-11-24-20(22)10-9-18(21)17-12-15(5)19(23-7-2)13-16(17)14(3)4/h12-14H,6-11H2,1-5H3. The molecule has 0 aliphatic rings. The molecule has 0 amide bonds. The Bertz CT molecular complexity index is 561. The first-order chi connectivity index (χ1) is 11.4. The van der Waals surface area contributed by atoms with E-state index in [0.717, 1.165) is 29.7 Å². The fourth-order valence-electron chi connectivity index (χ4n) is 2.49. The molecule has 24 heavy (non-hydrogen) atoms. The second-order valence-electron chi connectivity index (χ2n) is 6.29. The van der Waals surface area contributed by atoms with Gasteiger partial charge in [-0.25, -0.2) is 0 Å². The van der Waals surface area contributed by atoms with Crippen LogP contribution in [-0.2, 0) is 9.53 Å². The number of aryl methyl sites for hydroxylation is 1. The van der Waals surface area contributed by atoms with Crippen LogP contribution in [0, 0.1) is 6.92 Å². The Hall–Kier alpha value is -1.84. The van der Waals surface area contributed by atoms with Crippen molar-refractivity contribution in [1.82, 2.24) is 0 Å². The van der Waals surface area contributed by atoms with Crippen LogP contribution in [0.4, 0.5) is 0 Å². The van der Waals surface area contributed by atoms with Gasteiger partial charge in [0.25, 0.3) is 0 Å². The fourth-order valence-corrected chi connectivity index (χ4v) is 2.49. The fraction of sp³-hybridized carbons (Fsp3) is 0.600. The summed E-state index contributed by atoms with van der Waals surface area (Å²) in [6, 6.07) is 3.83. The second kappa shape index (κ2) is 10.1. The molecule has 1 aromatic carbocycles. The number of hydrogen-bond donors (Lipinski definition) is 0. The molecule has 0 fully saturated rings. The van der Waals surface area contributed by atoms with Crippen molar-refractivity contribution in [2.45, 2.75) is 66.2 Å². The van der Waals surface area contributed by atoms with Gasteiger partial charge in [0.2, 0.25) is 0 Å². The molecule has 0 unspecified atom stereocenters. The minimum atomic E-state index is -0.300. The van der Waals surface area contributed by atoms with E-state index in [0.29, 0.717) is 18.8 Å². The molecule has 0 radical (unpaired) electrons. The lowest BCUT2D eigenvalue weighted by Gasteiger charge is -2.16. The Morgan fingerprint density at radius 1 is 1.12 bits per heavy atom. The van der Waals surface area contributed by atoms with Crippen molar-refractivity contribution in [3.63, 3.8) is 0 Å². The number of ether oxygens (including phenoxy) is 2. The molecule has 0 saturated heterocycles.